The van der Waals surface area contributed by atoms with Crippen LogP contribution in [-0.4, -0.2) is 27.2 Å². The topological polar surface area (TPSA) is 48.8 Å². The molecular formula is C52H34N4OSi. The fraction of sp³-hybridized carbons (Fsp3) is 0. The Kier molecular flexibility index (Phi) is 7.18. The first-order valence-corrected chi connectivity index (χ1v) is 21.7. The number of hydrogen-bond acceptors (Lipinski definition) is 3. The van der Waals surface area contributed by atoms with E-state index in [1.807, 2.05) is 12.3 Å². The molecule has 12 aromatic rings. The zero-order chi connectivity index (χ0) is 38.2. The van der Waals surface area contributed by atoms with Crippen molar-refractivity contribution in [1.29, 1.82) is 0 Å². The smallest absolute Gasteiger partial charge is 0.234 e. The van der Waals surface area contributed by atoms with Gasteiger partial charge in [-0.2, -0.15) is 0 Å². The average molecular weight is 759 g/mol. The van der Waals surface area contributed by atoms with Crippen LogP contribution in [0, 0.1) is 0 Å². The Hall–Kier alpha value is -7.54. The molecule has 0 bridgehead atoms. The van der Waals surface area contributed by atoms with Crippen LogP contribution in [0.15, 0.2) is 211 Å². The third-order valence-electron chi connectivity index (χ3n) is 11.9. The SMILES string of the molecule is c1ccc(-n2c3ccccc3c3cc4c(cc32)c2ccccc2n4-c2nccc([Si](c3ccccc3)(c3ccccc3)c3cccc4c3oc3ccccc34)n2)cc1. The standard InChI is InChI=1S/C52H34N4OSi/c1-4-17-35(18-5-1)55-44-27-13-10-23-38(44)42-34-47-43(33-46(42)55)39-24-11-14-28-45(39)56(47)52-53-32-31-50(54-52)58(36-19-6-2-7-20-36,37-21-8-3-9-22-37)49-30-16-26-41-40-25-12-15-29-48(40)57-51(41)49/h1-34H. The van der Waals surface area contributed by atoms with Gasteiger partial charge in [0.15, 0.2) is 0 Å². The van der Waals surface area contributed by atoms with Gasteiger partial charge in [-0.3, -0.25) is 4.57 Å². The highest BCUT2D eigenvalue weighted by Crippen LogP contribution is 2.39. The lowest BCUT2D eigenvalue weighted by Crippen LogP contribution is -2.75. The van der Waals surface area contributed by atoms with E-state index in [-0.39, 0.29) is 0 Å². The van der Waals surface area contributed by atoms with E-state index in [9.17, 15) is 0 Å². The van der Waals surface area contributed by atoms with Crippen LogP contribution in [0.5, 0.6) is 0 Å². The van der Waals surface area contributed by atoms with Gasteiger partial charge in [-0.05, 0) is 64.1 Å². The normalized spacial score (nSPS) is 12.1. The Balaban J connectivity index is 1.18. The molecule has 0 saturated carbocycles. The largest absolute Gasteiger partial charge is 0.456 e. The second-order valence-corrected chi connectivity index (χ2v) is 18.6. The third kappa shape index (κ3) is 4.63. The summed E-state index contributed by atoms with van der Waals surface area (Å²) in [7, 11) is -3.18. The van der Waals surface area contributed by atoms with Gasteiger partial charge in [0.2, 0.25) is 14.0 Å². The summed E-state index contributed by atoms with van der Waals surface area (Å²) in [5.41, 5.74) is 7.37. The van der Waals surface area contributed by atoms with E-state index in [0.29, 0.717) is 5.95 Å². The number of hydrogen-bond donors (Lipinski definition) is 0. The van der Waals surface area contributed by atoms with Crippen LogP contribution in [0.2, 0.25) is 0 Å². The maximum Gasteiger partial charge on any atom is 0.234 e. The molecule has 0 aliphatic heterocycles. The van der Waals surface area contributed by atoms with Crippen LogP contribution in [0.25, 0.3) is 77.2 Å². The minimum Gasteiger partial charge on any atom is -0.456 e. The monoisotopic (exact) mass is 758 g/mol. The Morgan fingerprint density at radius 2 is 0.948 bits per heavy atom. The number of furan rings is 1. The lowest BCUT2D eigenvalue weighted by molar-refractivity contribution is 0.671. The van der Waals surface area contributed by atoms with Gasteiger partial charge in [-0.25, -0.2) is 9.97 Å². The fourth-order valence-electron chi connectivity index (χ4n) is 9.50. The third-order valence-corrected chi connectivity index (χ3v) is 16.6. The van der Waals surface area contributed by atoms with Crippen LogP contribution >= 0.6 is 0 Å². The zero-order valence-corrected chi connectivity index (χ0v) is 32.3. The molecule has 272 valence electrons. The first kappa shape index (κ1) is 32.7. The van der Waals surface area contributed by atoms with Crippen molar-refractivity contribution in [3.8, 4) is 11.6 Å². The van der Waals surface area contributed by atoms with Crippen molar-refractivity contribution in [2.24, 2.45) is 0 Å². The van der Waals surface area contributed by atoms with Gasteiger partial charge in [0, 0.05) is 49.5 Å². The lowest BCUT2D eigenvalue weighted by Gasteiger charge is -2.33. The molecule has 0 fully saturated rings. The summed E-state index contributed by atoms with van der Waals surface area (Å²) in [6.07, 6.45) is 1.95. The number of rotatable bonds is 6. The van der Waals surface area contributed by atoms with Gasteiger partial charge in [-0.15, -0.1) is 0 Å². The van der Waals surface area contributed by atoms with Crippen molar-refractivity contribution in [3.63, 3.8) is 0 Å². The van der Waals surface area contributed by atoms with Gasteiger partial charge >= 0.3 is 0 Å². The van der Waals surface area contributed by atoms with E-state index >= 15 is 0 Å². The van der Waals surface area contributed by atoms with Gasteiger partial charge in [-0.1, -0.05) is 152 Å². The van der Waals surface area contributed by atoms with E-state index in [2.05, 4.69) is 203 Å². The molecule has 0 saturated heterocycles. The molecule has 8 aromatic carbocycles. The van der Waals surface area contributed by atoms with Gasteiger partial charge in [0.25, 0.3) is 0 Å². The predicted molar refractivity (Wildman–Crippen MR) is 242 cm³/mol. The van der Waals surface area contributed by atoms with Gasteiger partial charge in [0.1, 0.15) is 11.2 Å². The molecule has 4 aromatic heterocycles. The Bertz CT molecular complexity index is 3480. The molecular weight excluding hydrogens is 725 g/mol. The number of para-hydroxylation sites is 5. The van der Waals surface area contributed by atoms with Gasteiger partial charge in [0.05, 0.1) is 22.1 Å². The summed E-state index contributed by atoms with van der Waals surface area (Å²) < 4.78 is 11.5. The maximum atomic E-state index is 6.87. The molecule has 0 radical (unpaired) electrons. The Morgan fingerprint density at radius 3 is 1.62 bits per heavy atom. The second kappa shape index (κ2) is 12.7. The molecule has 0 N–H and O–H groups in total. The Labute approximate surface area is 334 Å². The van der Waals surface area contributed by atoms with E-state index in [1.165, 1.54) is 26.7 Å². The summed E-state index contributed by atoms with van der Waals surface area (Å²) >= 11 is 0. The highest BCUT2D eigenvalue weighted by molar-refractivity contribution is 7.20. The van der Waals surface area contributed by atoms with Crippen molar-refractivity contribution in [2.75, 3.05) is 0 Å². The first-order chi connectivity index (χ1) is 28.8. The van der Waals surface area contributed by atoms with Gasteiger partial charge < -0.3 is 8.98 Å². The number of benzene rings is 8. The van der Waals surface area contributed by atoms with Crippen LogP contribution in [-0.2, 0) is 0 Å². The second-order valence-electron chi connectivity index (χ2n) is 14.9. The quantitative estimate of drug-likeness (QED) is 0.125. The molecule has 0 atom stereocenters. The first-order valence-electron chi connectivity index (χ1n) is 19.7. The molecule has 6 heteroatoms. The Morgan fingerprint density at radius 1 is 0.414 bits per heavy atom. The van der Waals surface area contributed by atoms with Crippen molar-refractivity contribution >= 4 is 94.5 Å². The molecule has 4 heterocycles. The number of aromatic nitrogens is 4. The molecule has 0 unspecified atom stereocenters. The molecule has 0 aliphatic rings. The molecule has 0 spiro atoms. The number of fused-ring (bicyclic) bond motifs is 9. The summed E-state index contributed by atoms with van der Waals surface area (Å²) in [4.78, 5) is 10.9. The lowest BCUT2D eigenvalue weighted by atomic mass is 10.1. The van der Waals surface area contributed by atoms with Crippen LogP contribution in [0.3, 0.4) is 0 Å². The predicted octanol–water partition coefficient (Wildman–Crippen LogP) is 9.95. The average Bonchev–Trinajstić information content (AvgIpc) is 3.95. The minimum absolute atomic E-state index is 0.635. The molecule has 0 amide bonds. The minimum atomic E-state index is -3.18. The van der Waals surface area contributed by atoms with Crippen LogP contribution < -0.4 is 20.9 Å². The summed E-state index contributed by atoms with van der Waals surface area (Å²) in [5.74, 6) is 0.635. The number of nitrogens with zero attached hydrogens (tertiary/aromatic N) is 4. The summed E-state index contributed by atoms with van der Waals surface area (Å²) in [5, 5.41) is 11.5. The molecule has 0 aliphatic carbocycles. The van der Waals surface area contributed by atoms with E-state index < -0.39 is 8.07 Å². The van der Waals surface area contributed by atoms with Crippen LogP contribution in [0.1, 0.15) is 0 Å². The maximum absolute atomic E-state index is 6.87. The summed E-state index contributed by atoms with van der Waals surface area (Å²) in [6, 6.07) is 71.6. The molecule has 58 heavy (non-hydrogen) atoms. The highest BCUT2D eigenvalue weighted by atomic mass is 28.3. The van der Waals surface area contributed by atoms with E-state index in [1.54, 1.807) is 0 Å². The van der Waals surface area contributed by atoms with Crippen molar-refractivity contribution < 1.29 is 4.42 Å². The van der Waals surface area contributed by atoms with E-state index in [0.717, 1.165) is 65.5 Å². The van der Waals surface area contributed by atoms with Crippen LogP contribution in [0.4, 0.5) is 0 Å². The molecule has 12 rings (SSSR count). The summed E-state index contributed by atoms with van der Waals surface area (Å²) in [6.45, 7) is 0. The highest BCUT2D eigenvalue weighted by Gasteiger charge is 2.45. The molecule has 5 nitrogen and oxygen atoms in total. The van der Waals surface area contributed by atoms with Crippen molar-refractivity contribution in [3.05, 3.63) is 206 Å². The van der Waals surface area contributed by atoms with Crippen molar-refractivity contribution in [1.82, 2.24) is 19.1 Å². The zero-order valence-electron chi connectivity index (χ0n) is 31.3. The fourth-order valence-corrected chi connectivity index (χ4v) is 14.2. The van der Waals surface area contributed by atoms with E-state index in [4.69, 9.17) is 14.4 Å². The van der Waals surface area contributed by atoms with Crippen molar-refractivity contribution in [2.45, 2.75) is 0 Å².